The molecule has 5 nitrogen and oxygen atoms in total. The van der Waals surface area contributed by atoms with Gasteiger partial charge in [0.2, 0.25) is 0 Å². The summed E-state index contributed by atoms with van der Waals surface area (Å²) in [5.41, 5.74) is 9.06. The zero-order chi connectivity index (χ0) is 11.4. The zero-order valence-corrected chi connectivity index (χ0v) is 9.28. The van der Waals surface area contributed by atoms with Crippen molar-refractivity contribution in [1.82, 2.24) is 0 Å². The second kappa shape index (κ2) is 4.96. The lowest BCUT2D eigenvalue weighted by atomic mass is 10.2. The van der Waals surface area contributed by atoms with Gasteiger partial charge in [0.15, 0.2) is 11.5 Å². The highest BCUT2D eigenvalue weighted by molar-refractivity contribution is 6.32. The van der Waals surface area contributed by atoms with Gasteiger partial charge in [0, 0.05) is 11.3 Å². The van der Waals surface area contributed by atoms with Crippen molar-refractivity contribution >= 4 is 11.6 Å². The Balaban J connectivity index is 2.35. The summed E-state index contributed by atoms with van der Waals surface area (Å²) in [4.78, 5) is 2.70. The molecule has 1 aliphatic rings. The third-order valence-electron chi connectivity index (χ3n) is 2.18. The standard InChI is InChI=1S/C10H10ClN3O2/c11-8-4-7(6-13-14-12)5-9-10(8)16-3-1-2-15-9/h4-5H,1-3,6H2. The van der Waals surface area contributed by atoms with Crippen molar-refractivity contribution in [3.05, 3.63) is 33.2 Å². The van der Waals surface area contributed by atoms with Crippen LogP contribution in [0.5, 0.6) is 11.5 Å². The van der Waals surface area contributed by atoms with Crippen molar-refractivity contribution in [2.45, 2.75) is 13.0 Å². The first-order chi connectivity index (χ1) is 7.81. The Morgan fingerprint density at radius 2 is 2.19 bits per heavy atom. The van der Waals surface area contributed by atoms with E-state index in [1.807, 2.05) is 0 Å². The van der Waals surface area contributed by atoms with Crippen LogP contribution in [0.1, 0.15) is 12.0 Å². The SMILES string of the molecule is [N-]=[N+]=NCc1cc(Cl)c2c(c1)OCCCO2. The van der Waals surface area contributed by atoms with E-state index in [2.05, 4.69) is 10.0 Å². The van der Waals surface area contributed by atoms with E-state index in [-0.39, 0.29) is 6.54 Å². The van der Waals surface area contributed by atoms with Crippen LogP contribution in [0.4, 0.5) is 0 Å². The number of hydrogen-bond donors (Lipinski definition) is 0. The summed E-state index contributed by atoms with van der Waals surface area (Å²) in [6.45, 7) is 1.46. The molecule has 0 spiro atoms. The van der Waals surface area contributed by atoms with Gasteiger partial charge in [-0.3, -0.25) is 0 Å². The molecule has 0 atom stereocenters. The number of rotatable bonds is 2. The Labute approximate surface area is 97.5 Å². The summed E-state index contributed by atoms with van der Waals surface area (Å²) in [5.74, 6) is 1.19. The smallest absolute Gasteiger partial charge is 0.179 e. The van der Waals surface area contributed by atoms with Gasteiger partial charge in [0.1, 0.15) is 0 Å². The Hall–Kier alpha value is -1.58. The molecule has 1 heterocycles. The molecule has 6 heteroatoms. The van der Waals surface area contributed by atoms with E-state index in [1.54, 1.807) is 12.1 Å². The lowest BCUT2D eigenvalue weighted by molar-refractivity contribution is 0.297. The van der Waals surface area contributed by atoms with E-state index in [9.17, 15) is 0 Å². The first-order valence-electron chi connectivity index (χ1n) is 4.90. The Kier molecular flexibility index (Phi) is 3.39. The average molecular weight is 240 g/mol. The highest BCUT2D eigenvalue weighted by atomic mass is 35.5. The lowest BCUT2D eigenvalue weighted by Gasteiger charge is -2.10. The van der Waals surface area contributed by atoms with E-state index in [1.165, 1.54) is 0 Å². The van der Waals surface area contributed by atoms with Crippen LogP contribution in [0.25, 0.3) is 10.4 Å². The molecule has 0 amide bonds. The Morgan fingerprint density at radius 3 is 3.00 bits per heavy atom. The molecule has 0 aliphatic carbocycles. The first-order valence-corrected chi connectivity index (χ1v) is 5.28. The number of halogens is 1. The second-order valence-corrected chi connectivity index (χ2v) is 3.75. The highest BCUT2D eigenvalue weighted by Gasteiger charge is 2.15. The van der Waals surface area contributed by atoms with Crippen LogP contribution in [-0.4, -0.2) is 13.2 Å². The maximum Gasteiger partial charge on any atom is 0.179 e. The summed E-state index contributed by atoms with van der Waals surface area (Å²) in [6.07, 6.45) is 0.830. The number of benzene rings is 1. The molecule has 1 aromatic rings. The molecule has 0 radical (unpaired) electrons. The molecule has 0 aromatic heterocycles. The van der Waals surface area contributed by atoms with Gasteiger partial charge in [-0.1, -0.05) is 16.7 Å². The van der Waals surface area contributed by atoms with Crippen LogP contribution in [0, 0.1) is 0 Å². The molecule has 0 unspecified atom stereocenters. The molecule has 0 saturated heterocycles. The largest absolute Gasteiger partial charge is 0.489 e. The van der Waals surface area contributed by atoms with Crippen LogP contribution in [-0.2, 0) is 6.54 Å². The number of azide groups is 1. The normalized spacial score (nSPS) is 13.8. The summed E-state index contributed by atoms with van der Waals surface area (Å²) < 4.78 is 11.0. The average Bonchev–Trinajstić information content (AvgIpc) is 2.51. The third-order valence-corrected chi connectivity index (χ3v) is 2.46. The van der Waals surface area contributed by atoms with Gasteiger partial charge in [-0.25, -0.2) is 0 Å². The predicted octanol–water partition coefficient (Wildman–Crippen LogP) is 3.31. The maximum atomic E-state index is 8.25. The molecule has 0 saturated carbocycles. The summed E-state index contributed by atoms with van der Waals surface area (Å²) >= 11 is 6.06. The van der Waals surface area contributed by atoms with Gasteiger partial charge in [-0.15, -0.1) is 0 Å². The van der Waals surface area contributed by atoms with Gasteiger partial charge in [-0.2, -0.15) is 0 Å². The first kappa shape index (κ1) is 10.9. The monoisotopic (exact) mass is 239 g/mol. The van der Waals surface area contributed by atoms with E-state index in [4.69, 9.17) is 26.6 Å². The van der Waals surface area contributed by atoms with E-state index in [0.717, 1.165) is 12.0 Å². The Bertz CT molecular complexity index is 444. The van der Waals surface area contributed by atoms with Crippen molar-refractivity contribution in [2.24, 2.45) is 5.11 Å². The molecular formula is C10H10ClN3O2. The van der Waals surface area contributed by atoms with Crippen LogP contribution in [0.15, 0.2) is 17.2 Å². The lowest BCUT2D eigenvalue weighted by Crippen LogP contribution is -1.97. The van der Waals surface area contributed by atoms with Crippen LogP contribution in [0.3, 0.4) is 0 Å². The summed E-state index contributed by atoms with van der Waals surface area (Å²) in [6, 6.07) is 3.52. The molecule has 16 heavy (non-hydrogen) atoms. The van der Waals surface area contributed by atoms with Gasteiger partial charge in [-0.05, 0) is 23.2 Å². The second-order valence-electron chi connectivity index (χ2n) is 3.34. The van der Waals surface area contributed by atoms with Crippen molar-refractivity contribution in [3.63, 3.8) is 0 Å². The minimum absolute atomic E-state index is 0.257. The number of fused-ring (bicyclic) bond motifs is 1. The fourth-order valence-electron chi connectivity index (χ4n) is 1.49. The minimum Gasteiger partial charge on any atom is -0.489 e. The molecule has 0 N–H and O–H groups in total. The summed E-state index contributed by atoms with van der Waals surface area (Å²) in [7, 11) is 0. The topological polar surface area (TPSA) is 67.2 Å². The van der Waals surface area contributed by atoms with Crippen molar-refractivity contribution < 1.29 is 9.47 Å². The third kappa shape index (κ3) is 2.32. The van der Waals surface area contributed by atoms with Crippen LogP contribution >= 0.6 is 11.6 Å². The zero-order valence-electron chi connectivity index (χ0n) is 8.52. The van der Waals surface area contributed by atoms with Crippen molar-refractivity contribution in [2.75, 3.05) is 13.2 Å². The van der Waals surface area contributed by atoms with Crippen LogP contribution < -0.4 is 9.47 Å². The van der Waals surface area contributed by atoms with Crippen molar-refractivity contribution in [3.8, 4) is 11.5 Å². The molecule has 0 bridgehead atoms. The number of hydrogen-bond acceptors (Lipinski definition) is 3. The number of ether oxygens (including phenoxy) is 2. The molecular weight excluding hydrogens is 230 g/mol. The van der Waals surface area contributed by atoms with Crippen molar-refractivity contribution in [1.29, 1.82) is 0 Å². The molecule has 0 fully saturated rings. The fourth-order valence-corrected chi connectivity index (χ4v) is 1.78. The number of nitrogens with zero attached hydrogens (tertiary/aromatic N) is 3. The predicted molar refractivity (Wildman–Crippen MR) is 59.9 cm³/mol. The van der Waals surface area contributed by atoms with Gasteiger partial charge in [0.25, 0.3) is 0 Å². The maximum absolute atomic E-state index is 8.25. The van der Waals surface area contributed by atoms with Gasteiger partial charge >= 0.3 is 0 Å². The quantitative estimate of drug-likeness (QED) is 0.451. The van der Waals surface area contributed by atoms with E-state index >= 15 is 0 Å². The molecule has 84 valence electrons. The van der Waals surface area contributed by atoms with Gasteiger partial charge < -0.3 is 9.47 Å². The van der Waals surface area contributed by atoms with Crippen LogP contribution in [0.2, 0.25) is 5.02 Å². The summed E-state index contributed by atoms with van der Waals surface area (Å²) in [5, 5.41) is 3.97. The van der Waals surface area contributed by atoms with E-state index in [0.29, 0.717) is 29.7 Å². The molecule has 1 aromatic carbocycles. The highest BCUT2D eigenvalue weighted by Crippen LogP contribution is 2.38. The Morgan fingerprint density at radius 1 is 1.38 bits per heavy atom. The molecule has 2 rings (SSSR count). The van der Waals surface area contributed by atoms with E-state index < -0.39 is 0 Å². The minimum atomic E-state index is 0.257. The molecule has 1 aliphatic heterocycles. The van der Waals surface area contributed by atoms with Gasteiger partial charge in [0.05, 0.1) is 24.8 Å². The fraction of sp³-hybridized carbons (Fsp3) is 0.400.